The Balaban J connectivity index is 1.37. The molecular weight excluding hydrogens is 364 g/mol. The van der Waals surface area contributed by atoms with E-state index in [9.17, 15) is 4.79 Å². The summed E-state index contributed by atoms with van der Waals surface area (Å²) >= 11 is 0. The Hall–Kier alpha value is -2.89. The van der Waals surface area contributed by atoms with Crippen LogP contribution in [0.4, 0.5) is 0 Å². The van der Waals surface area contributed by atoms with Gasteiger partial charge in [-0.15, -0.1) is 10.2 Å². The second-order valence-corrected chi connectivity index (χ2v) is 7.83. The summed E-state index contributed by atoms with van der Waals surface area (Å²) in [5, 5.41) is 11.4. The Bertz CT molecular complexity index is 883. The van der Waals surface area contributed by atoms with Gasteiger partial charge in [-0.1, -0.05) is 49.6 Å². The van der Waals surface area contributed by atoms with Gasteiger partial charge in [-0.05, 0) is 37.0 Å². The van der Waals surface area contributed by atoms with Gasteiger partial charge in [0, 0.05) is 18.4 Å². The fourth-order valence-corrected chi connectivity index (χ4v) is 4.23. The quantitative estimate of drug-likeness (QED) is 0.616. The second-order valence-electron chi connectivity index (χ2n) is 7.83. The minimum Gasteiger partial charge on any atom is -0.469 e. The van der Waals surface area contributed by atoms with Crippen LogP contribution in [0.25, 0.3) is 0 Å². The molecule has 1 atom stereocenters. The van der Waals surface area contributed by atoms with E-state index >= 15 is 0 Å². The van der Waals surface area contributed by atoms with Crippen molar-refractivity contribution in [2.45, 2.75) is 63.5 Å². The van der Waals surface area contributed by atoms with Gasteiger partial charge in [0.05, 0.1) is 12.8 Å². The van der Waals surface area contributed by atoms with E-state index in [0.717, 1.165) is 30.8 Å². The number of carbonyl (C=O) groups is 1. The highest BCUT2D eigenvalue weighted by Gasteiger charge is 2.21. The van der Waals surface area contributed by atoms with Gasteiger partial charge in [0.15, 0.2) is 5.82 Å². The Morgan fingerprint density at radius 3 is 2.72 bits per heavy atom. The topological polar surface area (TPSA) is 73.0 Å². The third kappa shape index (κ3) is 5.13. The molecule has 1 N–H and O–H groups in total. The molecule has 0 radical (unpaired) electrons. The Kier molecular flexibility index (Phi) is 6.39. The van der Waals surface area contributed by atoms with Gasteiger partial charge in [0.2, 0.25) is 5.91 Å². The molecule has 0 aliphatic heterocycles. The van der Waals surface area contributed by atoms with Gasteiger partial charge in [-0.3, -0.25) is 4.79 Å². The summed E-state index contributed by atoms with van der Waals surface area (Å²) in [6.07, 6.45) is 10.7. The molecule has 0 spiro atoms. The maximum atomic E-state index is 12.7. The van der Waals surface area contributed by atoms with Gasteiger partial charge < -0.3 is 14.3 Å². The first-order valence-corrected chi connectivity index (χ1v) is 10.5. The van der Waals surface area contributed by atoms with Crippen molar-refractivity contribution in [1.29, 1.82) is 0 Å². The first-order valence-electron chi connectivity index (χ1n) is 10.5. The molecule has 29 heavy (non-hydrogen) atoms. The number of aromatic nitrogens is 3. The molecule has 1 amide bonds. The van der Waals surface area contributed by atoms with E-state index in [4.69, 9.17) is 4.42 Å². The van der Waals surface area contributed by atoms with Crippen molar-refractivity contribution in [2.75, 3.05) is 0 Å². The average Bonchev–Trinajstić information content (AvgIpc) is 3.45. The molecule has 4 rings (SSSR count). The number of carbonyl (C=O) groups excluding carboxylic acids is 1. The molecule has 0 saturated heterocycles. The number of furan rings is 1. The van der Waals surface area contributed by atoms with Crippen molar-refractivity contribution in [3.8, 4) is 0 Å². The van der Waals surface area contributed by atoms with Crippen molar-refractivity contribution in [2.24, 2.45) is 0 Å². The van der Waals surface area contributed by atoms with Crippen LogP contribution in [-0.2, 0) is 17.8 Å². The smallest absolute Gasteiger partial charge is 0.221 e. The first kappa shape index (κ1) is 19.4. The van der Waals surface area contributed by atoms with Crippen molar-refractivity contribution >= 4 is 5.91 Å². The van der Waals surface area contributed by atoms with Crippen molar-refractivity contribution in [3.63, 3.8) is 0 Å². The van der Waals surface area contributed by atoms with E-state index in [1.807, 2.05) is 30.3 Å². The molecule has 1 aromatic carbocycles. The molecule has 6 nitrogen and oxygen atoms in total. The summed E-state index contributed by atoms with van der Waals surface area (Å²) in [7, 11) is 0. The van der Waals surface area contributed by atoms with Gasteiger partial charge in [-0.2, -0.15) is 0 Å². The standard InChI is InChI=1S/C23H28N4O2/c28-23(24-16-22-26-25-17-27(22)20-10-5-2-6-11-20)15-19(21-12-7-13-29-21)14-18-8-3-1-4-9-18/h1,3-4,7-9,12-13,17,19-20H,2,5-6,10-11,14-16H2,(H,24,28). The van der Waals surface area contributed by atoms with Crippen LogP contribution in [0, 0.1) is 0 Å². The highest BCUT2D eigenvalue weighted by molar-refractivity contribution is 5.76. The zero-order valence-electron chi connectivity index (χ0n) is 16.7. The van der Waals surface area contributed by atoms with E-state index in [0.29, 0.717) is 19.0 Å². The van der Waals surface area contributed by atoms with Gasteiger partial charge in [0.25, 0.3) is 0 Å². The van der Waals surface area contributed by atoms with Crippen LogP contribution in [0.1, 0.15) is 67.6 Å². The summed E-state index contributed by atoms with van der Waals surface area (Å²) in [5.41, 5.74) is 1.19. The lowest BCUT2D eigenvalue weighted by Gasteiger charge is -2.24. The SMILES string of the molecule is O=C(CC(Cc1ccccc1)c1ccco1)NCc1nncn1C1CCCCC1. The molecule has 1 aliphatic carbocycles. The van der Waals surface area contributed by atoms with Gasteiger partial charge in [0.1, 0.15) is 12.1 Å². The highest BCUT2D eigenvalue weighted by atomic mass is 16.3. The lowest BCUT2D eigenvalue weighted by Crippen LogP contribution is -2.27. The van der Waals surface area contributed by atoms with Crippen LogP contribution < -0.4 is 5.32 Å². The Morgan fingerprint density at radius 2 is 1.97 bits per heavy atom. The zero-order chi connectivity index (χ0) is 19.9. The lowest BCUT2D eigenvalue weighted by atomic mass is 9.93. The van der Waals surface area contributed by atoms with Crippen molar-refractivity contribution < 1.29 is 9.21 Å². The van der Waals surface area contributed by atoms with E-state index in [1.165, 1.54) is 24.8 Å². The predicted octanol–water partition coefficient (Wildman–Crippen LogP) is 4.41. The number of benzene rings is 1. The molecule has 152 valence electrons. The molecule has 1 aliphatic rings. The Morgan fingerprint density at radius 1 is 1.14 bits per heavy atom. The molecule has 2 heterocycles. The average molecular weight is 393 g/mol. The molecule has 2 aromatic heterocycles. The molecule has 1 saturated carbocycles. The maximum absolute atomic E-state index is 12.7. The summed E-state index contributed by atoms with van der Waals surface area (Å²) in [6, 6.07) is 14.5. The molecule has 3 aromatic rings. The molecular formula is C23H28N4O2. The third-order valence-electron chi connectivity index (χ3n) is 5.76. The normalized spacial score (nSPS) is 15.9. The lowest BCUT2D eigenvalue weighted by molar-refractivity contribution is -0.121. The van der Waals surface area contributed by atoms with Crippen molar-refractivity contribution in [1.82, 2.24) is 20.1 Å². The number of hydrogen-bond donors (Lipinski definition) is 1. The van der Waals surface area contributed by atoms with Crippen LogP contribution in [0.5, 0.6) is 0 Å². The summed E-state index contributed by atoms with van der Waals surface area (Å²) < 4.78 is 7.76. The number of rotatable bonds is 8. The summed E-state index contributed by atoms with van der Waals surface area (Å²) in [4.78, 5) is 12.7. The van der Waals surface area contributed by atoms with Crippen LogP contribution in [-0.4, -0.2) is 20.7 Å². The fourth-order valence-electron chi connectivity index (χ4n) is 4.23. The number of hydrogen-bond acceptors (Lipinski definition) is 4. The first-order chi connectivity index (χ1) is 14.3. The third-order valence-corrected chi connectivity index (χ3v) is 5.76. The van der Waals surface area contributed by atoms with Crippen molar-refractivity contribution in [3.05, 3.63) is 72.2 Å². The van der Waals surface area contributed by atoms with E-state index in [2.05, 4.69) is 32.2 Å². The molecule has 1 unspecified atom stereocenters. The zero-order valence-corrected chi connectivity index (χ0v) is 16.7. The van der Waals surface area contributed by atoms with Crippen LogP contribution in [0.15, 0.2) is 59.5 Å². The summed E-state index contributed by atoms with van der Waals surface area (Å²) in [6.45, 7) is 0.408. The fraction of sp³-hybridized carbons (Fsp3) is 0.435. The largest absolute Gasteiger partial charge is 0.469 e. The van der Waals surface area contributed by atoms with Crippen LogP contribution in [0.3, 0.4) is 0 Å². The van der Waals surface area contributed by atoms with Gasteiger partial charge >= 0.3 is 0 Å². The van der Waals surface area contributed by atoms with Crippen LogP contribution in [0.2, 0.25) is 0 Å². The Labute approximate surface area is 171 Å². The number of nitrogens with one attached hydrogen (secondary N) is 1. The minimum atomic E-state index is 0.000486. The van der Waals surface area contributed by atoms with E-state index in [-0.39, 0.29) is 11.8 Å². The molecule has 0 bridgehead atoms. The maximum Gasteiger partial charge on any atom is 0.221 e. The van der Waals surface area contributed by atoms with E-state index < -0.39 is 0 Å². The molecule has 6 heteroatoms. The monoisotopic (exact) mass is 392 g/mol. The second kappa shape index (κ2) is 9.54. The van der Waals surface area contributed by atoms with E-state index in [1.54, 1.807) is 12.6 Å². The highest BCUT2D eigenvalue weighted by Crippen LogP contribution is 2.28. The summed E-state index contributed by atoms with van der Waals surface area (Å²) in [5.74, 6) is 1.68. The minimum absolute atomic E-state index is 0.000486. The number of nitrogens with zero attached hydrogens (tertiary/aromatic N) is 3. The van der Waals surface area contributed by atoms with Gasteiger partial charge in [-0.25, -0.2) is 0 Å². The number of amides is 1. The predicted molar refractivity (Wildman–Crippen MR) is 110 cm³/mol. The molecule has 1 fully saturated rings. The van der Waals surface area contributed by atoms with Crippen LogP contribution >= 0.6 is 0 Å².